The molecule has 0 saturated heterocycles. The van der Waals surface area contributed by atoms with Crippen LogP contribution < -0.4 is 0 Å². The zero-order chi connectivity index (χ0) is 7.11. The Morgan fingerprint density at radius 2 is 2.44 bits per heavy atom. The van der Waals surface area contributed by atoms with Crippen molar-refractivity contribution in [2.75, 3.05) is 7.11 Å². The maximum Gasteiger partial charge on any atom is 0.305 e. The van der Waals surface area contributed by atoms with E-state index in [1.165, 1.54) is 7.11 Å². The van der Waals surface area contributed by atoms with E-state index in [2.05, 4.69) is 17.0 Å². The Labute approximate surface area is 60.2 Å². The first-order valence-corrected chi connectivity index (χ1v) is 3.29. The summed E-state index contributed by atoms with van der Waals surface area (Å²) in [7, 11) is 1.39. The highest BCUT2D eigenvalue weighted by molar-refractivity contribution is 7.78. The van der Waals surface area contributed by atoms with E-state index >= 15 is 0 Å². The van der Waals surface area contributed by atoms with Crippen LogP contribution in [0.1, 0.15) is 19.3 Å². The van der Waals surface area contributed by atoms with Crippen LogP contribution in [0.25, 0.3) is 0 Å². The molecule has 0 radical (unpaired) electrons. The normalized spacial score (nSPS) is 8.56. The number of esters is 1. The number of methoxy groups -OCH3 is 1. The standard InChI is InChI=1S/C6H10O2S/c1-8-6(7)4-2-3-5-9/h5H,2-4H2,1H3. The molecule has 0 atom stereocenters. The molecule has 52 valence electrons. The van der Waals surface area contributed by atoms with E-state index in [4.69, 9.17) is 0 Å². The van der Waals surface area contributed by atoms with Gasteiger partial charge < -0.3 is 4.74 Å². The first kappa shape index (κ1) is 8.56. The van der Waals surface area contributed by atoms with Crippen LogP contribution in [0.2, 0.25) is 0 Å². The van der Waals surface area contributed by atoms with E-state index in [9.17, 15) is 4.79 Å². The van der Waals surface area contributed by atoms with Crippen molar-refractivity contribution >= 4 is 23.6 Å². The van der Waals surface area contributed by atoms with E-state index in [1.54, 1.807) is 5.37 Å². The molecule has 0 heterocycles. The van der Waals surface area contributed by atoms with Crippen molar-refractivity contribution in [3.63, 3.8) is 0 Å². The van der Waals surface area contributed by atoms with Crippen LogP contribution in [0, 0.1) is 0 Å². The Kier molecular flexibility index (Phi) is 5.41. The molecular weight excluding hydrogens is 136 g/mol. The predicted molar refractivity (Wildman–Crippen MR) is 39.5 cm³/mol. The number of hydrogen-bond acceptors (Lipinski definition) is 3. The number of carbonyl (C=O) groups is 1. The molecule has 0 fully saturated rings. The third-order valence-corrected chi connectivity index (χ3v) is 1.17. The summed E-state index contributed by atoms with van der Waals surface area (Å²) in [6, 6.07) is 0. The van der Waals surface area contributed by atoms with Crippen LogP contribution in [0.4, 0.5) is 0 Å². The summed E-state index contributed by atoms with van der Waals surface area (Å²) >= 11 is 4.56. The summed E-state index contributed by atoms with van der Waals surface area (Å²) < 4.78 is 4.41. The van der Waals surface area contributed by atoms with E-state index < -0.39 is 0 Å². The van der Waals surface area contributed by atoms with Gasteiger partial charge in [-0.25, -0.2) is 0 Å². The van der Waals surface area contributed by atoms with E-state index in [0.29, 0.717) is 6.42 Å². The lowest BCUT2D eigenvalue weighted by molar-refractivity contribution is -0.140. The van der Waals surface area contributed by atoms with Gasteiger partial charge in [0, 0.05) is 6.42 Å². The molecule has 0 aliphatic rings. The van der Waals surface area contributed by atoms with Crippen molar-refractivity contribution in [2.45, 2.75) is 19.3 Å². The first-order chi connectivity index (χ1) is 4.31. The number of hydrogen-bond donors (Lipinski definition) is 0. The highest BCUT2D eigenvalue weighted by Crippen LogP contribution is 1.93. The zero-order valence-corrected chi connectivity index (χ0v) is 6.24. The maximum atomic E-state index is 10.4. The molecule has 0 spiro atoms. The highest BCUT2D eigenvalue weighted by Gasteiger charge is 1.96. The van der Waals surface area contributed by atoms with Gasteiger partial charge in [-0.2, -0.15) is 0 Å². The molecule has 2 nitrogen and oxygen atoms in total. The molecule has 0 unspecified atom stereocenters. The molecule has 9 heavy (non-hydrogen) atoms. The second-order valence-corrected chi connectivity index (χ2v) is 1.97. The van der Waals surface area contributed by atoms with Crippen LogP contribution >= 0.6 is 12.2 Å². The van der Waals surface area contributed by atoms with Gasteiger partial charge in [-0.15, -0.1) is 0 Å². The van der Waals surface area contributed by atoms with Gasteiger partial charge >= 0.3 is 5.97 Å². The number of carbonyl (C=O) groups excluding carboxylic acids is 1. The van der Waals surface area contributed by atoms with E-state index in [0.717, 1.165) is 12.8 Å². The third kappa shape index (κ3) is 5.43. The van der Waals surface area contributed by atoms with Crippen molar-refractivity contribution in [1.29, 1.82) is 0 Å². The Bertz CT molecular complexity index is 101. The Hall–Kier alpha value is -0.440. The molecule has 0 aliphatic carbocycles. The fraction of sp³-hybridized carbons (Fsp3) is 0.667. The molecule has 0 rings (SSSR count). The molecule has 0 aromatic carbocycles. The Balaban J connectivity index is 3.06. The van der Waals surface area contributed by atoms with Crippen LogP contribution in [0.3, 0.4) is 0 Å². The summed E-state index contributed by atoms with van der Waals surface area (Å²) in [5, 5.41) is 1.63. The molecule has 0 aromatic rings. The van der Waals surface area contributed by atoms with Crippen molar-refractivity contribution in [2.24, 2.45) is 0 Å². The van der Waals surface area contributed by atoms with Crippen molar-refractivity contribution < 1.29 is 9.53 Å². The number of rotatable bonds is 4. The molecule has 0 amide bonds. The number of thiocarbonyl (C=S) groups is 1. The summed E-state index contributed by atoms with van der Waals surface area (Å²) in [6.45, 7) is 0. The van der Waals surface area contributed by atoms with Gasteiger partial charge in [0.05, 0.1) is 7.11 Å². The fourth-order valence-electron chi connectivity index (χ4n) is 0.432. The first-order valence-electron chi connectivity index (χ1n) is 2.81. The molecule has 0 aromatic heterocycles. The summed E-state index contributed by atoms with van der Waals surface area (Å²) in [5.74, 6) is -0.160. The lowest BCUT2D eigenvalue weighted by atomic mass is 10.2. The van der Waals surface area contributed by atoms with Crippen LogP contribution in [0.15, 0.2) is 0 Å². The van der Waals surface area contributed by atoms with Crippen LogP contribution in [0.5, 0.6) is 0 Å². The third-order valence-electron chi connectivity index (χ3n) is 0.931. The molecule has 3 heteroatoms. The quantitative estimate of drug-likeness (QED) is 0.340. The Morgan fingerprint density at radius 3 is 2.89 bits per heavy atom. The SMILES string of the molecule is COC(=O)CCCC=S. The predicted octanol–water partition coefficient (Wildman–Crippen LogP) is 1.33. The summed E-state index contributed by atoms with van der Waals surface area (Å²) in [5.41, 5.74) is 0. The summed E-state index contributed by atoms with van der Waals surface area (Å²) in [6.07, 6.45) is 2.09. The fourth-order valence-corrected chi connectivity index (χ4v) is 0.598. The lowest BCUT2D eigenvalue weighted by Gasteiger charge is -1.93. The van der Waals surface area contributed by atoms with Gasteiger partial charge in [0.1, 0.15) is 0 Å². The van der Waals surface area contributed by atoms with Crippen molar-refractivity contribution in [3.8, 4) is 0 Å². The molecule has 0 saturated carbocycles. The minimum Gasteiger partial charge on any atom is -0.469 e. The lowest BCUT2D eigenvalue weighted by Crippen LogP contribution is -1.98. The minimum absolute atomic E-state index is 0.160. The van der Waals surface area contributed by atoms with Gasteiger partial charge in [0.2, 0.25) is 0 Å². The molecule has 0 aliphatic heterocycles. The van der Waals surface area contributed by atoms with Gasteiger partial charge in [0.25, 0.3) is 0 Å². The van der Waals surface area contributed by atoms with Gasteiger partial charge in [-0.3, -0.25) is 4.79 Å². The van der Waals surface area contributed by atoms with Crippen LogP contribution in [-0.2, 0) is 9.53 Å². The number of unbranched alkanes of at least 4 members (excludes halogenated alkanes) is 1. The average Bonchev–Trinajstić information content (AvgIpc) is 1.89. The smallest absolute Gasteiger partial charge is 0.305 e. The maximum absolute atomic E-state index is 10.4. The highest BCUT2D eigenvalue weighted by atomic mass is 32.1. The van der Waals surface area contributed by atoms with Crippen molar-refractivity contribution in [1.82, 2.24) is 0 Å². The van der Waals surface area contributed by atoms with Gasteiger partial charge in [0.15, 0.2) is 0 Å². The average molecular weight is 146 g/mol. The molecule has 0 bridgehead atoms. The molecular formula is C6H10O2S. The minimum atomic E-state index is -0.160. The second kappa shape index (κ2) is 5.69. The Morgan fingerprint density at radius 1 is 1.78 bits per heavy atom. The van der Waals surface area contributed by atoms with E-state index in [1.807, 2.05) is 0 Å². The summed E-state index contributed by atoms with van der Waals surface area (Å²) in [4.78, 5) is 10.4. The van der Waals surface area contributed by atoms with Crippen LogP contribution in [-0.4, -0.2) is 18.4 Å². The number of ether oxygens (including phenoxy) is 1. The molecule has 0 N–H and O–H groups in total. The monoisotopic (exact) mass is 146 g/mol. The topological polar surface area (TPSA) is 26.3 Å². The second-order valence-electron chi connectivity index (χ2n) is 1.64. The van der Waals surface area contributed by atoms with Gasteiger partial charge in [-0.05, 0) is 18.2 Å². The largest absolute Gasteiger partial charge is 0.469 e. The van der Waals surface area contributed by atoms with Crippen molar-refractivity contribution in [3.05, 3.63) is 0 Å². The van der Waals surface area contributed by atoms with E-state index in [-0.39, 0.29) is 5.97 Å². The van der Waals surface area contributed by atoms with Gasteiger partial charge in [-0.1, -0.05) is 12.2 Å². The zero-order valence-electron chi connectivity index (χ0n) is 5.42.